The fourth-order valence-electron chi connectivity index (χ4n) is 1.71. The van der Waals surface area contributed by atoms with Crippen LogP contribution >= 0.6 is 0 Å². The van der Waals surface area contributed by atoms with Gasteiger partial charge in [0.25, 0.3) is 0 Å². The molecule has 0 saturated carbocycles. The first-order chi connectivity index (χ1) is 8.95. The first-order valence-electron chi connectivity index (χ1n) is 5.71. The number of hydrogen-bond acceptors (Lipinski definition) is 2. The van der Waals surface area contributed by atoms with Crippen molar-refractivity contribution < 1.29 is 13.2 Å². The second-order valence-corrected chi connectivity index (χ2v) is 4.18. The zero-order valence-corrected chi connectivity index (χ0v) is 10.0. The van der Waals surface area contributed by atoms with Crippen LogP contribution in [0.25, 0.3) is 0 Å². The molecule has 0 heterocycles. The van der Waals surface area contributed by atoms with Gasteiger partial charge < -0.3 is 11.1 Å². The quantitative estimate of drug-likeness (QED) is 0.827. The Kier molecular flexibility index (Phi) is 3.64. The average Bonchev–Trinajstić information content (AvgIpc) is 2.36. The van der Waals surface area contributed by atoms with Crippen molar-refractivity contribution in [1.29, 1.82) is 0 Å². The van der Waals surface area contributed by atoms with E-state index < -0.39 is 11.7 Å². The van der Waals surface area contributed by atoms with E-state index in [0.717, 1.165) is 17.7 Å². The van der Waals surface area contributed by atoms with E-state index in [1.165, 1.54) is 6.07 Å². The van der Waals surface area contributed by atoms with Crippen molar-refractivity contribution in [3.63, 3.8) is 0 Å². The molecule has 0 aromatic heterocycles. The van der Waals surface area contributed by atoms with Crippen molar-refractivity contribution in [3.8, 4) is 0 Å². The first kappa shape index (κ1) is 13.3. The third kappa shape index (κ3) is 3.64. The third-order valence-corrected chi connectivity index (χ3v) is 2.64. The van der Waals surface area contributed by atoms with Crippen LogP contribution in [0.3, 0.4) is 0 Å². The minimum Gasteiger partial charge on any atom is -0.399 e. The lowest BCUT2D eigenvalue weighted by Gasteiger charge is -2.11. The van der Waals surface area contributed by atoms with Crippen LogP contribution in [0.2, 0.25) is 0 Å². The van der Waals surface area contributed by atoms with Gasteiger partial charge in [-0.15, -0.1) is 0 Å². The fraction of sp³-hybridized carbons (Fsp3) is 0.143. The van der Waals surface area contributed by atoms with Gasteiger partial charge in [-0.25, -0.2) is 0 Å². The van der Waals surface area contributed by atoms with Gasteiger partial charge in [0, 0.05) is 17.9 Å². The van der Waals surface area contributed by atoms with E-state index >= 15 is 0 Å². The molecule has 100 valence electrons. The van der Waals surface area contributed by atoms with Crippen molar-refractivity contribution in [2.45, 2.75) is 12.7 Å². The normalized spacial score (nSPS) is 11.3. The summed E-state index contributed by atoms with van der Waals surface area (Å²) in [7, 11) is 0. The summed E-state index contributed by atoms with van der Waals surface area (Å²) in [5.74, 6) is 0. The van der Waals surface area contributed by atoms with Gasteiger partial charge in [0.2, 0.25) is 0 Å². The average molecular weight is 266 g/mol. The van der Waals surface area contributed by atoms with Crippen LogP contribution in [0.5, 0.6) is 0 Å². The molecule has 0 bridgehead atoms. The largest absolute Gasteiger partial charge is 0.416 e. The van der Waals surface area contributed by atoms with Gasteiger partial charge in [-0.1, -0.05) is 18.2 Å². The molecule has 0 unspecified atom stereocenters. The molecule has 2 aromatic rings. The lowest BCUT2D eigenvalue weighted by molar-refractivity contribution is -0.137. The zero-order valence-electron chi connectivity index (χ0n) is 10.0. The highest BCUT2D eigenvalue weighted by Gasteiger charge is 2.30. The monoisotopic (exact) mass is 266 g/mol. The molecular weight excluding hydrogens is 253 g/mol. The molecule has 0 fully saturated rings. The number of benzene rings is 2. The summed E-state index contributed by atoms with van der Waals surface area (Å²) in [4.78, 5) is 0. The summed E-state index contributed by atoms with van der Waals surface area (Å²) in [5.41, 5.74) is 6.94. The highest BCUT2D eigenvalue weighted by Crippen LogP contribution is 2.30. The highest BCUT2D eigenvalue weighted by atomic mass is 19.4. The maximum Gasteiger partial charge on any atom is 0.416 e. The second-order valence-electron chi connectivity index (χ2n) is 4.18. The van der Waals surface area contributed by atoms with E-state index in [4.69, 9.17) is 5.73 Å². The van der Waals surface area contributed by atoms with Gasteiger partial charge in [-0.2, -0.15) is 13.2 Å². The Morgan fingerprint density at radius 1 is 1.00 bits per heavy atom. The molecule has 3 N–H and O–H groups in total. The number of nitrogens with one attached hydrogen (secondary N) is 1. The molecular formula is C14H13F3N2. The Morgan fingerprint density at radius 3 is 2.42 bits per heavy atom. The summed E-state index contributed by atoms with van der Waals surface area (Å²) in [5, 5.41) is 2.95. The summed E-state index contributed by atoms with van der Waals surface area (Å²) >= 11 is 0. The molecule has 5 heteroatoms. The summed E-state index contributed by atoms with van der Waals surface area (Å²) in [6, 6.07) is 12.3. The predicted molar refractivity (Wildman–Crippen MR) is 69.6 cm³/mol. The molecule has 0 radical (unpaired) electrons. The molecule has 0 spiro atoms. The predicted octanol–water partition coefficient (Wildman–Crippen LogP) is 3.90. The number of nitrogens with two attached hydrogens (primary N) is 1. The SMILES string of the molecule is Nc1cccc(CNc2cccc(C(F)(F)F)c2)c1. The zero-order chi connectivity index (χ0) is 13.9. The van der Waals surface area contributed by atoms with Crippen molar-refractivity contribution in [1.82, 2.24) is 0 Å². The Bertz CT molecular complexity index is 565. The Hall–Kier alpha value is -2.17. The molecule has 0 amide bonds. The Labute approximate surface area is 109 Å². The number of alkyl halides is 3. The maximum atomic E-state index is 12.5. The molecule has 0 aliphatic carbocycles. The van der Waals surface area contributed by atoms with Crippen molar-refractivity contribution >= 4 is 11.4 Å². The minimum absolute atomic E-state index is 0.423. The lowest BCUT2D eigenvalue weighted by Crippen LogP contribution is -2.06. The molecule has 2 nitrogen and oxygen atoms in total. The number of nitrogen functional groups attached to an aromatic ring is 1. The summed E-state index contributed by atoms with van der Waals surface area (Å²) in [6.45, 7) is 0.423. The van der Waals surface area contributed by atoms with Crippen LogP contribution < -0.4 is 11.1 Å². The van der Waals surface area contributed by atoms with Crippen molar-refractivity contribution in [2.75, 3.05) is 11.1 Å². The first-order valence-corrected chi connectivity index (χ1v) is 5.71. The standard InChI is InChI=1S/C14H13F3N2/c15-14(16,17)11-4-2-6-13(8-11)19-9-10-3-1-5-12(18)7-10/h1-8,19H,9,18H2. The van der Waals surface area contributed by atoms with Gasteiger partial charge >= 0.3 is 6.18 Å². The van der Waals surface area contributed by atoms with Gasteiger partial charge in [-0.05, 0) is 35.9 Å². The summed E-state index contributed by atoms with van der Waals surface area (Å²) < 4.78 is 37.6. The Morgan fingerprint density at radius 2 is 1.74 bits per heavy atom. The molecule has 0 saturated heterocycles. The minimum atomic E-state index is -4.32. The van der Waals surface area contributed by atoms with E-state index in [1.807, 2.05) is 6.07 Å². The van der Waals surface area contributed by atoms with Gasteiger partial charge in [0.1, 0.15) is 0 Å². The molecule has 2 rings (SSSR count). The van der Waals surface area contributed by atoms with Gasteiger partial charge in [0.15, 0.2) is 0 Å². The van der Waals surface area contributed by atoms with Crippen LogP contribution in [0.4, 0.5) is 24.5 Å². The Balaban J connectivity index is 2.08. The van der Waals surface area contributed by atoms with E-state index in [1.54, 1.807) is 24.3 Å². The van der Waals surface area contributed by atoms with E-state index in [0.29, 0.717) is 17.9 Å². The number of anilines is 2. The molecule has 19 heavy (non-hydrogen) atoms. The number of hydrogen-bond donors (Lipinski definition) is 2. The number of rotatable bonds is 3. The van der Waals surface area contributed by atoms with Crippen molar-refractivity contribution in [2.24, 2.45) is 0 Å². The molecule has 2 aromatic carbocycles. The van der Waals surface area contributed by atoms with Gasteiger partial charge in [0.05, 0.1) is 5.56 Å². The molecule has 0 atom stereocenters. The van der Waals surface area contributed by atoms with Crippen LogP contribution in [-0.2, 0) is 12.7 Å². The third-order valence-electron chi connectivity index (χ3n) is 2.64. The molecule has 0 aliphatic heterocycles. The van der Waals surface area contributed by atoms with Gasteiger partial charge in [-0.3, -0.25) is 0 Å². The van der Waals surface area contributed by atoms with Crippen LogP contribution in [0, 0.1) is 0 Å². The van der Waals surface area contributed by atoms with Crippen LogP contribution in [0.1, 0.15) is 11.1 Å². The second kappa shape index (κ2) is 5.22. The summed E-state index contributed by atoms with van der Waals surface area (Å²) in [6.07, 6.45) is -4.32. The fourth-order valence-corrected chi connectivity index (χ4v) is 1.71. The maximum absolute atomic E-state index is 12.5. The van der Waals surface area contributed by atoms with E-state index in [2.05, 4.69) is 5.32 Å². The lowest BCUT2D eigenvalue weighted by atomic mass is 10.1. The van der Waals surface area contributed by atoms with Crippen LogP contribution in [0.15, 0.2) is 48.5 Å². The van der Waals surface area contributed by atoms with E-state index in [9.17, 15) is 13.2 Å². The van der Waals surface area contributed by atoms with E-state index in [-0.39, 0.29) is 0 Å². The molecule has 0 aliphatic rings. The number of halogens is 3. The topological polar surface area (TPSA) is 38.0 Å². The smallest absolute Gasteiger partial charge is 0.399 e. The van der Waals surface area contributed by atoms with Crippen LogP contribution in [-0.4, -0.2) is 0 Å². The van der Waals surface area contributed by atoms with Crippen molar-refractivity contribution in [3.05, 3.63) is 59.7 Å². The highest BCUT2D eigenvalue weighted by molar-refractivity contribution is 5.48.